The highest BCUT2D eigenvalue weighted by atomic mass is 16.5. The van der Waals surface area contributed by atoms with Gasteiger partial charge in [-0.05, 0) is 50.0 Å². The topological polar surface area (TPSA) is 116 Å². The van der Waals surface area contributed by atoms with Gasteiger partial charge in [-0.1, -0.05) is 25.4 Å². The first-order valence-corrected chi connectivity index (χ1v) is 8.27. The Bertz CT molecular complexity index is 440. The molecule has 1 saturated carbocycles. The van der Waals surface area contributed by atoms with E-state index in [2.05, 4.69) is 10.0 Å². The van der Waals surface area contributed by atoms with Gasteiger partial charge in [0.25, 0.3) is 0 Å². The number of carbonyl (C=O) groups excluding carboxylic acids is 1. The monoisotopic (exact) mass is 327 g/mol. The number of ether oxygens (including phenoxy) is 1. The van der Waals surface area contributed by atoms with Crippen molar-refractivity contribution in [2.45, 2.75) is 76.9 Å². The van der Waals surface area contributed by atoms with Gasteiger partial charge in [-0.3, -0.25) is 4.79 Å². The molecule has 0 spiro atoms. The van der Waals surface area contributed by atoms with Gasteiger partial charge in [0.1, 0.15) is 12.2 Å². The van der Waals surface area contributed by atoms with E-state index in [1.807, 2.05) is 13.8 Å². The molecule has 132 valence electrons. The second kappa shape index (κ2) is 7.99. The maximum atomic E-state index is 11.8. The number of unbranched alkanes of at least 4 members (excludes halogenated alkanes) is 2. The molecule has 0 amide bonds. The average molecular weight is 327 g/mol. The molecule has 0 aromatic carbocycles. The molecule has 0 aliphatic heterocycles. The normalized spacial score (nSPS) is 29.6. The van der Waals surface area contributed by atoms with Crippen LogP contribution >= 0.6 is 0 Å². The molecule has 2 N–H and O–H groups in total. The van der Waals surface area contributed by atoms with Crippen LogP contribution in [0, 0.1) is 5.41 Å². The molecule has 1 aliphatic carbocycles. The van der Waals surface area contributed by atoms with Gasteiger partial charge in [0, 0.05) is 17.9 Å². The predicted octanol–water partition coefficient (Wildman–Crippen LogP) is 3.09. The molecule has 0 heterocycles. The quantitative estimate of drug-likeness (QED) is 0.234. The van der Waals surface area contributed by atoms with Crippen LogP contribution in [0.15, 0.2) is 5.11 Å². The smallest absolute Gasteiger partial charge is 0.305 e. The largest absolute Gasteiger partial charge is 0.462 e. The van der Waals surface area contributed by atoms with Crippen molar-refractivity contribution < 1.29 is 19.7 Å². The zero-order valence-electron chi connectivity index (χ0n) is 14.4. The minimum absolute atomic E-state index is 0.190. The Kier molecular flexibility index (Phi) is 6.86. The maximum Gasteiger partial charge on any atom is 0.305 e. The van der Waals surface area contributed by atoms with Crippen LogP contribution < -0.4 is 0 Å². The molecule has 2 unspecified atom stereocenters. The molecule has 7 heteroatoms. The van der Waals surface area contributed by atoms with Crippen molar-refractivity contribution in [3.63, 3.8) is 0 Å². The molecule has 2 atom stereocenters. The fourth-order valence-electron chi connectivity index (χ4n) is 3.30. The summed E-state index contributed by atoms with van der Waals surface area (Å²) in [5.74, 6) is -0.376. The highest BCUT2D eigenvalue weighted by Gasteiger charge is 2.58. The first-order chi connectivity index (χ1) is 10.7. The van der Waals surface area contributed by atoms with E-state index < -0.39 is 16.6 Å². The fraction of sp³-hybridized carbons (Fsp3) is 0.938. The summed E-state index contributed by atoms with van der Waals surface area (Å²) in [6, 6.07) is 0. The minimum atomic E-state index is -1.45. The van der Waals surface area contributed by atoms with Crippen LogP contribution in [0.2, 0.25) is 0 Å². The average Bonchev–Trinajstić information content (AvgIpc) is 2.46. The summed E-state index contributed by atoms with van der Waals surface area (Å²) in [4.78, 5) is 14.5. The third kappa shape index (κ3) is 4.83. The van der Waals surface area contributed by atoms with Gasteiger partial charge in [-0.15, -0.1) is 0 Å². The summed E-state index contributed by atoms with van der Waals surface area (Å²) in [6.45, 7) is 5.64. The second-order valence-electron chi connectivity index (χ2n) is 7.30. The van der Waals surface area contributed by atoms with E-state index in [0.717, 1.165) is 25.7 Å². The summed E-state index contributed by atoms with van der Waals surface area (Å²) >= 11 is 0. The molecular formula is C16H29N3O4. The van der Waals surface area contributed by atoms with Crippen LogP contribution in [-0.4, -0.2) is 40.5 Å². The number of nitrogens with zero attached hydrogens (tertiary/aromatic N) is 3. The van der Waals surface area contributed by atoms with Crippen LogP contribution in [0.1, 0.15) is 65.7 Å². The summed E-state index contributed by atoms with van der Waals surface area (Å²) in [7, 11) is 0. The van der Waals surface area contributed by atoms with Crippen molar-refractivity contribution in [1.82, 2.24) is 0 Å². The zero-order valence-corrected chi connectivity index (χ0v) is 14.4. The molecule has 1 fully saturated rings. The van der Waals surface area contributed by atoms with Gasteiger partial charge in [-0.2, -0.15) is 0 Å². The van der Waals surface area contributed by atoms with E-state index >= 15 is 0 Å². The Labute approximate surface area is 137 Å². The summed E-state index contributed by atoms with van der Waals surface area (Å²) < 4.78 is 5.25. The van der Waals surface area contributed by atoms with Crippen LogP contribution in [0.3, 0.4) is 0 Å². The van der Waals surface area contributed by atoms with E-state index in [0.29, 0.717) is 19.4 Å². The number of carbonyl (C=O) groups is 1. The van der Waals surface area contributed by atoms with Gasteiger partial charge in [0.05, 0.1) is 5.60 Å². The van der Waals surface area contributed by atoms with Gasteiger partial charge in [0.15, 0.2) is 0 Å². The number of esters is 1. The van der Waals surface area contributed by atoms with Crippen molar-refractivity contribution in [1.29, 1.82) is 0 Å². The number of aliphatic hydroxyl groups is 2. The summed E-state index contributed by atoms with van der Waals surface area (Å²) in [5, 5.41) is 25.0. The Balaban J connectivity index is 2.45. The standard InChI is InChI=1S/C16H29N3O4/c1-14(2)9-7-10-15(3,21)16(14,22)12-23-13(20)8-5-4-6-11-18-19-17/h21-22H,4-12H2,1-3H3. The summed E-state index contributed by atoms with van der Waals surface area (Å²) in [6.07, 6.45) is 4.53. The molecule has 0 saturated heterocycles. The highest BCUT2D eigenvalue weighted by Crippen LogP contribution is 2.49. The van der Waals surface area contributed by atoms with E-state index in [4.69, 9.17) is 10.3 Å². The van der Waals surface area contributed by atoms with Crippen LogP contribution in [-0.2, 0) is 9.53 Å². The molecule has 1 rings (SSSR count). The van der Waals surface area contributed by atoms with Gasteiger partial charge < -0.3 is 14.9 Å². The number of hydrogen-bond acceptors (Lipinski definition) is 5. The van der Waals surface area contributed by atoms with E-state index in [-0.39, 0.29) is 19.0 Å². The van der Waals surface area contributed by atoms with Crippen molar-refractivity contribution in [3.05, 3.63) is 10.4 Å². The third-order valence-electron chi connectivity index (χ3n) is 5.12. The van der Waals surface area contributed by atoms with Crippen molar-refractivity contribution in [2.75, 3.05) is 13.2 Å². The Morgan fingerprint density at radius 2 is 1.91 bits per heavy atom. The number of azide groups is 1. The van der Waals surface area contributed by atoms with Crippen molar-refractivity contribution >= 4 is 5.97 Å². The van der Waals surface area contributed by atoms with Crippen LogP contribution in [0.4, 0.5) is 0 Å². The number of rotatable bonds is 8. The zero-order chi connectivity index (χ0) is 17.6. The van der Waals surface area contributed by atoms with Gasteiger partial charge >= 0.3 is 5.97 Å². The fourth-order valence-corrected chi connectivity index (χ4v) is 3.30. The minimum Gasteiger partial charge on any atom is -0.462 e. The lowest BCUT2D eigenvalue weighted by molar-refractivity contribution is -0.244. The van der Waals surface area contributed by atoms with Crippen molar-refractivity contribution in [3.8, 4) is 0 Å². The lowest BCUT2D eigenvalue weighted by atomic mass is 9.59. The van der Waals surface area contributed by atoms with Crippen LogP contribution in [0.25, 0.3) is 10.4 Å². The third-order valence-corrected chi connectivity index (χ3v) is 5.12. The second-order valence-corrected chi connectivity index (χ2v) is 7.30. The lowest BCUT2D eigenvalue weighted by Crippen LogP contribution is -2.66. The van der Waals surface area contributed by atoms with Gasteiger partial charge in [-0.25, -0.2) is 0 Å². The molecule has 23 heavy (non-hydrogen) atoms. The SMILES string of the molecule is CC1(C)CCCC(C)(O)C1(O)COC(=O)CCCCCN=[N+]=[N-]. The highest BCUT2D eigenvalue weighted by molar-refractivity contribution is 5.69. The Morgan fingerprint density at radius 1 is 1.22 bits per heavy atom. The van der Waals surface area contributed by atoms with E-state index in [9.17, 15) is 15.0 Å². The first-order valence-electron chi connectivity index (χ1n) is 8.27. The Morgan fingerprint density at radius 3 is 2.52 bits per heavy atom. The molecule has 1 aliphatic rings. The molecule has 7 nitrogen and oxygen atoms in total. The molecule has 0 aromatic rings. The van der Waals surface area contributed by atoms with E-state index in [1.54, 1.807) is 6.92 Å². The number of hydrogen-bond donors (Lipinski definition) is 2. The first kappa shape index (κ1) is 19.7. The lowest BCUT2D eigenvalue weighted by Gasteiger charge is -2.54. The maximum absolute atomic E-state index is 11.8. The van der Waals surface area contributed by atoms with Crippen LogP contribution in [0.5, 0.6) is 0 Å². The van der Waals surface area contributed by atoms with Gasteiger partial charge in [0.2, 0.25) is 0 Å². The molecule has 0 bridgehead atoms. The van der Waals surface area contributed by atoms with E-state index in [1.165, 1.54) is 0 Å². The molecule has 0 radical (unpaired) electrons. The Hall–Kier alpha value is -1.30. The predicted molar refractivity (Wildman–Crippen MR) is 86.6 cm³/mol. The van der Waals surface area contributed by atoms with Crippen molar-refractivity contribution in [2.24, 2.45) is 10.5 Å². The molecular weight excluding hydrogens is 298 g/mol. The molecule has 0 aromatic heterocycles. The summed E-state index contributed by atoms with van der Waals surface area (Å²) in [5.41, 5.74) is 4.91.